The van der Waals surface area contributed by atoms with Gasteiger partial charge in [-0.15, -0.1) is 0 Å². The zero-order valence-corrected chi connectivity index (χ0v) is 13.8. The highest BCUT2D eigenvalue weighted by Crippen LogP contribution is 2.33. The molecular weight excluding hydrogens is 308 g/mol. The number of carboxylic acids is 1. The first-order valence-corrected chi connectivity index (χ1v) is 8.49. The second kappa shape index (κ2) is 8.68. The molecule has 0 aliphatic heterocycles. The van der Waals surface area contributed by atoms with Gasteiger partial charge >= 0.3 is 12.0 Å². The van der Waals surface area contributed by atoms with Crippen LogP contribution in [-0.4, -0.2) is 40.4 Å². The lowest BCUT2D eigenvalue weighted by molar-refractivity contribution is -0.137. The standard InChI is InChI=1S/C18H26N2O4/c21-16(22)8-7-15(13-14-5-2-1-3-6-14)20-17(23)19-12-11-18(24)9-4-10-18/h1-3,5-6,15,24H,4,7-13H2,(H,21,22)(H2,19,20,23). The second-order valence-corrected chi connectivity index (χ2v) is 6.55. The fraction of sp³-hybridized carbons (Fsp3) is 0.556. The lowest BCUT2D eigenvalue weighted by Crippen LogP contribution is -2.46. The van der Waals surface area contributed by atoms with E-state index >= 15 is 0 Å². The number of aliphatic hydroxyl groups is 1. The van der Waals surface area contributed by atoms with Crippen molar-refractivity contribution in [2.45, 2.75) is 56.6 Å². The lowest BCUT2D eigenvalue weighted by atomic mass is 9.78. The van der Waals surface area contributed by atoms with E-state index in [1.165, 1.54) is 0 Å². The molecule has 2 amide bonds. The molecular formula is C18H26N2O4. The number of rotatable bonds is 9. The maximum Gasteiger partial charge on any atom is 0.315 e. The Morgan fingerprint density at radius 3 is 2.50 bits per heavy atom. The molecule has 6 nitrogen and oxygen atoms in total. The Balaban J connectivity index is 1.79. The van der Waals surface area contributed by atoms with Crippen LogP contribution in [0.2, 0.25) is 0 Å². The molecule has 1 aliphatic rings. The Bertz CT molecular complexity index is 543. The van der Waals surface area contributed by atoms with Gasteiger partial charge in [-0.2, -0.15) is 0 Å². The molecule has 1 atom stereocenters. The Labute approximate surface area is 142 Å². The Morgan fingerprint density at radius 1 is 1.21 bits per heavy atom. The van der Waals surface area contributed by atoms with E-state index in [-0.39, 0.29) is 18.5 Å². The molecule has 0 spiro atoms. The summed E-state index contributed by atoms with van der Waals surface area (Å²) in [5, 5.41) is 24.5. The van der Waals surface area contributed by atoms with Crippen LogP contribution in [0.1, 0.15) is 44.1 Å². The number of aliphatic carboxylic acids is 1. The average Bonchev–Trinajstić information content (AvgIpc) is 2.52. The van der Waals surface area contributed by atoms with E-state index in [0.717, 1.165) is 24.8 Å². The van der Waals surface area contributed by atoms with Crippen molar-refractivity contribution >= 4 is 12.0 Å². The van der Waals surface area contributed by atoms with Crippen molar-refractivity contribution in [2.24, 2.45) is 0 Å². The van der Waals surface area contributed by atoms with Crippen LogP contribution in [0.5, 0.6) is 0 Å². The predicted molar refractivity (Wildman–Crippen MR) is 90.8 cm³/mol. The molecule has 0 saturated heterocycles. The van der Waals surface area contributed by atoms with Crippen LogP contribution in [0.15, 0.2) is 30.3 Å². The molecule has 1 aromatic carbocycles. The molecule has 6 heteroatoms. The molecule has 1 saturated carbocycles. The highest BCUT2D eigenvalue weighted by Gasteiger charge is 2.33. The van der Waals surface area contributed by atoms with Gasteiger partial charge < -0.3 is 20.8 Å². The van der Waals surface area contributed by atoms with Crippen molar-refractivity contribution < 1.29 is 19.8 Å². The van der Waals surface area contributed by atoms with Gasteiger partial charge in [0.2, 0.25) is 0 Å². The fourth-order valence-electron chi connectivity index (χ4n) is 2.90. The minimum Gasteiger partial charge on any atom is -0.481 e. The fourth-order valence-corrected chi connectivity index (χ4v) is 2.90. The summed E-state index contributed by atoms with van der Waals surface area (Å²) in [5.41, 5.74) is 0.442. The highest BCUT2D eigenvalue weighted by atomic mass is 16.4. The van der Waals surface area contributed by atoms with Gasteiger partial charge in [-0.3, -0.25) is 4.79 Å². The number of benzene rings is 1. The molecule has 1 aliphatic carbocycles. The van der Waals surface area contributed by atoms with Crippen LogP contribution in [0.25, 0.3) is 0 Å². The maximum atomic E-state index is 12.0. The normalized spacial score (nSPS) is 16.7. The third-order valence-electron chi connectivity index (χ3n) is 4.53. The molecule has 1 fully saturated rings. The van der Waals surface area contributed by atoms with Crippen molar-refractivity contribution in [2.75, 3.05) is 6.54 Å². The van der Waals surface area contributed by atoms with Crippen LogP contribution in [0, 0.1) is 0 Å². The van der Waals surface area contributed by atoms with Gasteiger partial charge in [-0.1, -0.05) is 30.3 Å². The largest absolute Gasteiger partial charge is 0.481 e. The Hall–Kier alpha value is -2.08. The summed E-state index contributed by atoms with van der Waals surface area (Å²) >= 11 is 0. The summed E-state index contributed by atoms with van der Waals surface area (Å²) in [5.74, 6) is -0.873. The molecule has 132 valence electrons. The van der Waals surface area contributed by atoms with Crippen molar-refractivity contribution in [3.05, 3.63) is 35.9 Å². The SMILES string of the molecule is O=C(O)CCC(Cc1ccccc1)NC(=O)NCCC1(O)CCC1. The molecule has 1 unspecified atom stereocenters. The minimum absolute atomic E-state index is 0.0114. The molecule has 4 N–H and O–H groups in total. The van der Waals surface area contributed by atoms with Crippen molar-refractivity contribution in [3.63, 3.8) is 0 Å². The number of hydrogen-bond acceptors (Lipinski definition) is 3. The summed E-state index contributed by atoms with van der Waals surface area (Å²) in [6.07, 6.45) is 4.16. The van der Waals surface area contributed by atoms with Gasteiger partial charge in [-0.05, 0) is 44.1 Å². The van der Waals surface area contributed by atoms with Crippen molar-refractivity contribution in [1.29, 1.82) is 0 Å². The van der Waals surface area contributed by atoms with Crippen LogP contribution in [0.4, 0.5) is 4.79 Å². The third kappa shape index (κ3) is 6.20. The van der Waals surface area contributed by atoms with Gasteiger partial charge in [0.05, 0.1) is 5.60 Å². The van der Waals surface area contributed by atoms with Crippen molar-refractivity contribution in [1.82, 2.24) is 10.6 Å². The van der Waals surface area contributed by atoms with E-state index in [9.17, 15) is 14.7 Å². The van der Waals surface area contributed by atoms with Gasteiger partial charge in [0.1, 0.15) is 0 Å². The number of carbonyl (C=O) groups excluding carboxylic acids is 1. The van der Waals surface area contributed by atoms with Gasteiger partial charge in [0, 0.05) is 19.0 Å². The summed E-state index contributed by atoms with van der Waals surface area (Å²) in [6, 6.07) is 9.12. The number of hydrogen-bond donors (Lipinski definition) is 4. The molecule has 1 aromatic rings. The van der Waals surface area contributed by atoms with E-state index < -0.39 is 11.6 Å². The van der Waals surface area contributed by atoms with Gasteiger partial charge in [-0.25, -0.2) is 4.79 Å². The Kier molecular flexibility index (Phi) is 6.61. The maximum absolute atomic E-state index is 12.0. The molecule has 0 aromatic heterocycles. The zero-order chi connectivity index (χ0) is 17.4. The third-order valence-corrected chi connectivity index (χ3v) is 4.53. The van der Waals surface area contributed by atoms with Crippen LogP contribution in [-0.2, 0) is 11.2 Å². The highest BCUT2D eigenvalue weighted by molar-refractivity contribution is 5.74. The van der Waals surface area contributed by atoms with Crippen molar-refractivity contribution in [3.8, 4) is 0 Å². The van der Waals surface area contributed by atoms with Gasteiger partial charge in [0.25, 0.3) is 0 Å². The zero-order valence-electron chi connectivity index (χ0n) is 13.8. The van der Waals surface area contributed by atoms with E-state index in [4.69, 9.17) is 5.11 Å². The number of carbonyl (C=O) groups is 2. The predicted octanol–water partition coefficient (Wildman–Crippen LogP) is 2.07. The molecule has 2 rings (SSSR count). The van der Waals surface area contributed by atoms with E-state index in [1.54, 1.807) is 0 Å². The quantitative estimate of drug-likeness (QED) is 0.555. The first-order chi connectivity index (χ1) is 11.5. The van der Waals surface area contributed by atoms with E-state index in [1.807, 2.05) is 30.3 Å². The number of amides is 2. The van der Waals surface area contributed by atoms with Crippen LogP contribution in [0.3, 0.4) is 0 Å². The molecule has 0 bridgehead atoms. The first kappa shape index (κ1) is 18.3. The van der Waals surface area contributed by atoms with Crippen LogP contribution < -0.4 is 10.6 Å². The lowest BCUT2D eigenvalue weighted by Gasteiger charge is -2.36. The smallest absolute Gasteiger partial charge is 0.315 e. The molecule has 24 heavy (non-hydrogen) atoms. The summed E-state index contributed by atoms with van der Waals surface area (Å²) in [4.78, 5) is 22.8. The number of urea groups is 1. The summed E-state index contributed by atoms with van der Waals surface area (Å²) < 4.78 is 0. The van der Waals surface area contributed by atoms with Crippen LogP contribution >= 0.6 is 0 Å². The summed E-state index contributed by atoms with van der Waals surface area (Å²) in [7, 11) is 0. The monoisotopic (exact) mass is 334 g/mol. The van der Waals surface area contributed by atoms with E-state index in [2.05, 4.69) is 10.6 Å². The van der Waals surface area contributed by atoms with E-state index in [0.29, 0.717) is 25.8 Å². The second-order valence-electron chi connectivity index (χ2n) is 6.55. The number of nitrogens with one attached hydrogen (secondary N) is 2. The Morgan fingerprint density at radius 2 is 1.92 bits per heavy atom. The molecule has 0 heterocycles. The first-order valence-electron chi connectivity index (χ1n) is 8.49. The number of carboxylic acid groups (broad SMARTS) is 1. The molecule has 0 radical (unpaired) electrons. The topological polar surface area (TPSA) is 98.7 Å². The summed E-state index contributed by atoms with van der Waals surface area (Å²) in [6.45, 7) is 0.416. The van der Waals surface area contributed by atoms with Gasteiger partial charge in [0.15, 0.2) is 0 Å². The average molecular weight is 334 g/mol. The minimum atomic E-state index is -0.873.